The molecule has 0 fully saturated rings. The van der Waals surface area contributed by atoms with E-state index in [1.807, 2.05) is 12.1 Å². The highest BCUT2D eigenvalue weighted by molar-refractivity contribution is 5.42. The molecule has 0 heterocycles. The summed E-state index contributed by atoms with van der Waals surface area (Å²) in [4.78, 5) is 0. The summed E-state index contributed by atoms with van der Waals surface area (Å²) >= 11 is 0. The van der Waals surface area contributed by atoms with Gasteiger partial charge in [-0.3, -0.25) is 0 Å². The number of aromatic hydroxyl groups is 1. The van der Waals surface area contributed by atoms with Gasteiger partial charge >= 0.3 is 0 Å². The van der Waals surface area contributed by atoms with E-state index in [0.29, 0.717) is 5.75 Å². The molecule has 1 aliphatic carbocycles. The van der Waals surface area contributed by atoms with E-state index in [0.717, 1.165) is 30.4 Å². The van der Waals surface area contributed by atoms with Crippen molar-refractivity contribution in [3.63, 3.8) is 0 Å². The van der Waals surface area contributed by atoms with Crippen LogP contribution in [0.15, 0.2) is 18.2 Å². The molecule has 0 saturated heterocycles. The van der Waals surface area contributed by atoms with E-state index in [-0.39, 0.29) is 6.04 Å². The van der Waals surface area contributed by atoms with Crippen LogP contribution in [-0.4, -0.2) is 5.11 Å². The molecule has 0 unspecified atom stereocenters. The normalized spacial score (nSPS) is 21.9. The maximum Gasteiger partial charge on any atom is 0.119 e. The third-order valence-electron chi connectivity index (χ3n) is 2.53. The molecule has 0 amide bonds. The van der Waals surface area contributed by atoms with Crippen LogP contribution in [0, 0.1) is 0 Å². The van der Waals surface area contributed by atoms with Crippen LogP contribution in [0.3, 0.4) is 0 Å². The minimum Gasteiger partial charge on any atom is -0.508 e. The first-order valence-electron chi connectivity index (χ1n) is 4.35. The van der Waals surface area contributed by atoms with E-state index in [1.165, 1.54) is 0 Å². The Morgan fingerprint density at radius 1 is 1.42 bits per heavy atom. The van der Waals surface area contributed by atoms with Crippen molar-refractivity contribution in [2.75, 3.05) is 0 Å². The van der Waals surface area contributed by atoms with Gasteiger partial charge in [-0.25, -0.2) is 0 Å². The van der Waals surface area contributed by atoms with Gasteiger partial charge in [0.25, 0.3) is 0 Å². The molecule has 12 heavy (non-hydrogen) atoms. The van der Waals surface area contributed by atoms with Crippen molar-refractivity contribution in [3.8, 4) is 5.75 Å². The third-order valence-corrected chi connectivity index (χ3v) is 2.53. The van der Waals surface area contributed by atoms with Gasteiger partial charge in [-0.15, -0.1) is 0 Å². The van der Waals surface area contributed by atoms with Crippen molar-refractivity contribution in [3.05, 3.63) is 29.3 Å². The summed E-state index contributed by atoms with van der Waals surface area (Å²) in [6, 6.07) is 5.73. The zero-order valence-corrected chi connectivity index (χ0v) is 6.96. The fourth-order valence-corrected chi connectivity index (χ4v) is 1.87. The quantitative estimate of drug-likeness (QED) is 0.611. The van der Waals surface area contributed by atoms with Crippen LogP contribution in [0.2, 0.25) is 0 Å². The summed E-state index contributed by atoms with van der Waals surface area (Å²) in [7, 11) is 0. The molecule has 0 saturated carbocycles. The van der Waals surface area contributed by atoms with Gasteiger partial charge in [0.2, 0.25) is 0 Å². The number of benzene rings is 1. The second kappa shape index (κ2) is 2.79. The van der Waals surface area contributed by atoms with Crippen molar-refractivity contribution in [2.45, 2.75) is 25.3 Å². The first kappa shape index (κ1) is 7.62. The average molecular weight is 163 g/mol. The van der Waals surface area contributed by atoms with Crippen molar-refractivity contribution in [2.24, 2.45) is 5.73 Å². The average Bonchev–Trinajstić information content (AvgIpc) is 2.07. The SMILES string of the molecule is N[C@@H]1CCCc2c(O)cccc21. The van der Waals surface area contributed by atoms with E-state index in [2.05, 4.69) is 0 Å². The summed E-state index contributed by atoms with van der Waals surface area (Å²) < 4.78 is 0. The van der Waals surface area contributed by atoms with Gasteiger partial charge in [0.15, 0.2) is 0 Å². The predicted molar refractivity (Wildman–Crippen MR) is 48.0 cm³/mol. The van der Waals surface area contributed by atoms with Crippen LogP contribution < -0.4 is 5.73 Å². The van der Waals surface area contributed by atoms with Crippen LogP contribution >= 0.6 is 0 Å². The summed E-state index contributed by atoms with van der Waals surface area (Å²) in [5.41, 5.74) is 8.08. The fraction of sp³-hybridized carbons (Fsp3) is 0.400. The maximum absolute atomic E-state index is 9.52. The number of hydrogen-bond donors (Lipinski definition) is 2. The Hall–Kier alpha value is -1.02. The standard InChI is InChI=1S/C10H13NO/c11-9-5-1-4-8-7(9)3-2-6-10(8)12/h2-3,6,9,12H,1,4-5,11H2/t9-/m1/s1. The molecule has 0 spiro atoms. The van der Waals surface area contributed by atoms with Crippen molar-refractivity contribution < 1.29 is 5.11 Å². The van der Waals surface area contributed by atoms with Gasteiger partial charge in [-0.05, 0) is 36.5 Å². The maximum atomic E-state index is 9.52. The molecule has 1 aromatic rings. The minimum absolute atomic E-state index is 0.126. The summed E-state index contributed by atoms with van der Waals surface area (Å²) in [5.74, 6) is 0.405. The summed E-state index contributed by atoms with van der Waals surface area (Å²) in [5, 5.41) is 9.52. The Morgan fingerprint density at radius 3 is 3.00 bits per heavy atom. The number of nitrogens with two attached hydrogens (primary N) is 1. The molecule has 2 rings (SSSR count). The lowest BCUT2D eigenvalue weighted by Crippen LogP contribution is -2.17. The Bertz CT molecular complexity index is 296. The van der Waals surface area contributed by atoms with Gasteiger partial charge in [0.1, 0.15) is 5.75 Å². The Labute approximate surface area is 72.0 Å². The van der Waals surface area contributed by atoms with Gasteiger partial charge in [-0.1, -0.05) is 12.1 Å². The molecule has 1 aromatic carbocycles. The zero-order valence-electron chi connectivity index (χ0n) is 6.96. The minimum atomic E-state index is 0.126. The van der Waals surface area contributed by atoms with Gasteiger partial charge in [0.05, 0.1) is 0 Å². The number of phenolic OH excluding ortho intramolecular Hbond substituents is 1. The van der Waals surface area contributed by atoms with Gasteiger partial charge in [0, 0.05) is 6.04 Å². The highest BCUT2D eigenvalue weighted by Gasteiger charge is 2.18. The van der Waals surface area contributed by atoms with Crippen molar-refractivity contribution >= 4 is 0 Å². The molecule has 2 heteroatoms. The number of rotatable bonds is 0. The smallest absolute Gasteiger partial charge is 0.119 e. The van der Waals surface area contributed by atoms with Crippen LogP contribution in [-0.2, 0) is 6.42 Å². The molecule has 3 N–H and O–H groups in total. The lowest BCUT2D eigenvalue weighted by molar-refractivity contribution is 0.455. The largest absolute Gasteiger partial charge is 0.508 e. The van der Waals surface area contributed by atoms with E-state index < -0.39 is 0 Å². The molecular formula is C10H13NO. The van der Waals surface area contributed by atoms with Gasteiger partial charge in [-0.2, -0.15) is 0 Å². The summed E-state index contributed by atoms with van der Waals surface area (Å²) in [6.45, 7) is 0. The molecule has 64 valence electrons. The van der Waals surface area contributed by atoms with Crippen molar-refractivity contribution in [1.82, 2.24) is 0 Å². The van der Waals surface area contributed by atoms with Crippen molar-refractivity contribution in [1.29, 1.82) is 0 Å². The van der Waals surface area contributed by atoms with E-state index in [4.69, 9.17) is 5.73 Å². The second-order valence-corrected chi connectivity index (χ2v) is 3.34. The molecule has 0 aromatic heterocycles. The Kier molecular flexibility index (Phi) is 1.77. The highest BCUT2D eigenvalue weighted by atomic mass is 16.3. The highest BCUT2D eigenvalue weighted by Crippen LogP contribution is 2.32. The lowest BCUT2D eigenvalue weighted by Gasteiger charge is -2.22. The molecule has 0 aliphatic heterocycles. The van der Waals surface area contributed by atoms with Crippen LogP contribution in [0.25, 0.3) is 0 Å². The van der Waals surface area contributed by atoms with E-state index in [1.54, 1.807) is 6.07 Å². The molecule has 1 atom stereocenters. The monoisotopic (exact) mass is 163 g/mol. The first-order valence-corrected chi connectivity index (χ1v) is 4.35. The van der Waals surface area contributed by atoms with Gasteiger partial charge < -0.3 is 10.8 Å². The zero-order chi connectivity index (χ0) is 8.55. The third kappa shape index (κ3) is 1.08. The van der Waals surface area contributed by atoms with Crippen LogP contribution in [0.4, 0.5) is 0 Å². The number of phenols is 1. The van der Waals surface area contributed by atoms with E-state index >= 15 is 0 Å². The fourth-order valence-electron chi connectivity index (χ4n) is 1.87. The number of hydrogen-bond acceptors (Lipinski definition) is 2. The number of fused-ring (bicyclic) bond motifs is 1. The second-order valence-electron chi connectivity index (χ2n) is 3.34. The predicted octanol–water partition coefficient (Wildman–Crippen LogP) is 1.73. The topological polar surface area (TPSA) is 46.2 Å². The Morgan fingerprint density at radius 2 is 2.25 bits per heavy atom. The first-order chi connectivity index (χ1) is 5.79. The van der Waals surface area contributed by atoms with Crippen LogP contribution in [0.1, 0.15) is 30.0 Å². The molecule has 2 nitrogen and oxygen atoms in total. The van der Waals surface area contributed by atoms with Crippen LogP contribution in [0.5, 0.6) is 5.75 Å². The van der Waals surface area contributed by atoms with E-state index in [9.17, 15) is 5.11 Å². The Balaban J connectivity index is 2.52. The molecule has 1 aliphatic rings. The molecule has 0 bridgehead atoms. The summed E-state index contributed by atoms with van der Waals surface area (Å²) in [6.07, 6.45) is 3.10. The molecule has 0 radical (unpaired) electrons. The molecular weight excluding hydrogens is 150 g/mol. The lowest BCUT2D eigenvalue weighted by atomic mass is 9.88.